The number of ether oxygens (including phenoxy) is 1. The zero-order valence-corrected chi connectivity index (χ0v) is 16.6. The lowest BCUT2D eigenvalue weighted by molar-refractivity contribution is -0.137. The zero-order chi connectivity index (χ0) is 22.0. The third-order valence-electron chi connectivity index (χ3n) is 3.93. The molecule has 1 rings (SSSR count). The van der Waals surface area contributed by atoms with Gasteiger partial charge in [0.2, 0.25) is 5.91 Å². The maximum atomic E-state index is 12.5. The van der Waals surface area contributed by atoms with Crippen molar-refractivity contribution >= 4 is 29.6 Å². The molecule has 0 saturated heterocycles. The summed E-state index contributed by atoms with van der Waals surface area (Å²) in [6.07, 6.45) is -1.45. The zero-order valence-electron chi connectivity index (χ0n) is 16.6. The Balaban J connectivity index is 2.75. The van der Waals surface area contributed by atoms with E-state index in [0.29, 0.717) is 17.7 Å². The number of aliphatic hydroxyl groups excluding tert-OH is 1. The number of methoxy groups -OCH3 is 1. The van der Waals surface area contributed by atoms with Crippen LogP contribution in [-0.2, 0) is 14.3 Å². The molecule has 0 aromatic heterocycles. The lowest BCUT2D eigenvalue weighted by Gasteiger charge is -2.19. The summed E-state index contributed by atoms with van der Waals surface area (Å²) in [7, 11) is 4.25. The van der Waals surface area contributed by atoms with Gasteiger partial charge in [0.05, 0.1) is 7.11 Å². The van der Waals surface area contributed by atoms with Gasteiger partial charge in [0.15, 0.2) is 6.10 Å². The molecule has 1 aromatic rings. The van der Waals surface area contributed by atoms with Crippen molar-refractivity contribution in [3.8, 4) is 0 Å². The van der Waals surface area contributed by atoms with Crippen LogP contribution >= 0.6 is 0 Å². The van der Waals surface area contributed by atoms with Gasteiger partial charge >= 0.3 is 12.1 Å². The predicted molar refractivity (Wildman–Crippen MR) is 105 cm³/mol. The van der Waals surface area contributed by atoms with E-state index in [4.69, 9.17) is 5.73 Å². The number of benzene rings is 1. The number of aliphatic hydroxyl groups is 1. The van der Waals surface area contributed by atoms with Gasteiger partial charge in [-0.15, -0.1) is 0 Å². The predicted octanol–water partition coefficient (Wildman–Crippen LogP) is -0.0802. The number of carbonyl (C=O) groups is 4. The summed E-state index contributed by atoms with van der Waals surface area (Å²) in [4.78, 5) is 47.8. The number of nitrogens with two attached hydrogens (primary N) is 1. The number of rotatable bonds is 9. The van der Waals surface area contributed by atoms with Crippen molar-refractivity contribution in [3.63, 3.8) is 0 Å². The molecule has 0 heterocycles. The van der Waals surface area contributed by atoms with Crippen LogP contribution in [0.3, 0.4) is 0 Å². The summed E-state index contributed by atoms with van der Waals surface area (Å²) in [5.74, 6) is -0.958. The molecule has 29 heavy (non-hydrogen) atoms. The number of anilines is 1. The van der Waals surface area contributed by atoms with E-state index in [1.807, 2.05) is 0 Å². The van der Waals surface area contributed by atoms with Gasteiger partial charge in [0, 0.05) is 26.3 Å². The average molecular weight is 409 g/mol. The van der Waals surface area contributed by atoms with Crippen LogP contribution in [0.2, 0.25) is 0 Å². The van der Waals surface area contributed by atoms with Crippen LogP contribution in [0.15, 0.2) is 24.3 Å². The van der Waals surface area contributed by atoms with Gasteiger partial charge in [-0.2, -0.15) is 0 Å². The van der Waals surface area contributed by atoms with Crippen molar-refractivity contribution in [1.82, 2.24) is 15.5 Å². The van der Waals surface area contributed by atoms with Gasteiger partial charge in [-0.05, 0) is 30.5 Å². The van der Waals surface area contributed by atoms with Crippen LogP contribution in [0.5, 0.6) is 0 Å². The number of amides is 5. The Hall–Kier alpha value is -3.34. The van der Waals surface area contributed by atoms with E-state index in [2.05, 4.69) is 20.7 Å². The van der Waals surface area contributed by atoms with Gasteiger partial charge in [-0.3, -0.25) is 9.59 Å². The molecule has 1 aromatic carbocycles. The van der Waals surface area contributed by atoms with E-state index in [0.717, 1.165) is 0 Å². The van der Waals surface area contributed by atoms with E-state index in [9.17, 15) is 24.3 Å². The summed E-state index contributed by atoms with van der Waals surface area (Å²) in [6, 6.07) is 4.51. The maximum absolute atomic E-state index is 12.5. The Morgan fingerprint density at radius 2 is 1.79 bits per heavy atom. The van der Waals surface area contributed by atoms with Crippen molar-refractivity contribution < 1.29 is 29.0 Å². The fourth-order valence-electron chi connectivity index (χ4n) is 2.35. The first-order valence-electron chi connectivity index (χ1n) is 8.83. The number of primary amides is 1. The first kappa shape index (κ1) is 23.7. The Morgan fingerprint density at radius 1 is 1.17 bits per heavy atom. The molecule has 1 unspecified atom stereocenters. The molecule has 0 aliphatic carbocycles. The summed E-state index contributed by atoms with van der Waals surface area (Å²) in [6.45, 7) is 0.244. The number of alkyl carbamates (subject to hydrolysis) is 1. The molecule has 6 N–H and O–H groups in total. The highest BCUT2D eigenvalue weighted by Gasteiger charge is 2.22. The van der Waals surface area contributed by atoms with Crippen molar-refractivity contribution in [3.05, 3.63) is 29.8 Å². The number of hydrogen-bond acceptors (Lipinski definition) is 6. The van der Waals surface area contributed by atoms with E-state index >= 15 is 0 Å². The molecule has 5 amide bonds. The van der Waals surface area contributed by atoms with Crippen LogP contribution < -0.4 is 21.7 Å². The highest BCUT2D eigenvalue weighted by atomic mass is 16.5. The first-order valence-corrected chi connectivity index (χ1v) is 8.83. The van der Waals surface area contributed by atoms with Gasteiger partial charge in [0.25, 0.3) is 5.91 Å². The minimum absolute atomic E-state index is 0.231. The minimum atomic E-state index is -1.30. The maximum Gasteiger partial charge on any atom is 0.407 e. The second-order valence-electron chi connectivity index (χ2n) is 6.37. The Kier molecular flexibility index (Phi) is 9.39. The minimum Gasteiger partial charge on any atom is -0.453 e. The standard InChI is InChI=1S/C18H27N5O6/c1-23(2)16(26)14(24)11-6-8-12(9-7-11)21-15(25)13(22-18(28)29-3)5-4-10-20-17(19)27/h6-9,13-14,24H,4-5,10H2,1-3H3,(H,21,25)(H,22,28)(H3,19,20,27)/t13-,14?/m0/s1. The smallest absolute Gasteiger partial charge is 0.407 e. The van der Waals surface area contributed by atoms with E-state index in [1.54, 1.807) is 0 Å². The Labute approximate surface area is 168 Å². The second kappa shape index (κ2) is 11.5. The highest BCUT2D eigenvalue weighted by molar-refractivity contribution is 5.96. The third kappa shape index (κ3) is 8.05. The van der Waals surface area contributed by atoms with E-state index in [1.165, 1.54) is 50.4 Å². The Morgan fingerprint density at radius 3 is 2.31 bits per heavy atom. The molecule has 0 fully saturated rings. The number of urea groups is 1. The molecule has 0 saturated carbocycles. The van der Waals surface area contributed by atoms with Crippen LogP contribution in [0.4, 0.5) is 15.3 Å². The third-order valence-corrected chi connectivity index (χ3v) is 3.93. The van der Waals surface area contributed by atoms with E-state index < -0.39 is 36.1 Å². The Bertz CT molecular complexity index is 722. The van der Waals surface area contributed by atoms with E-state index in [-0.39, 0.29) is 13.0 Å². The molecule has 0 radical (unpaired) electrons. The van der Waals surface area contributed by atoms with Crippen molar-refractivity contribution in [1.29, 1.82) is 0 Å². The van der Waals surface area contributed by atoms with Crippen LogP contribution in [0.1, 0.15) is 24.5 Å². The van der Waals surface area contributed by atoms with Crippen molar-refractivity contribution in [2.24, 2.45) is 5.73 Å². The molecular weight excluding hydrogens is 382 g/mol. The van der Waals surface area contributed by atoms with Gasteiger partial charge in [-0.1, -0.05) is 12.1 Å². The molecule has 0 spiro atoms. The van der Waals surface area contributed by atoms with Gasteiger partial charge < -0.3 is 36.4 Å². The topological polar surface area (TPSA) is 163 Å². The number of nitrogens with zero attached hydrogens (tertiary/aromatic N) is 1. The number of carbonyl (C=O) groups excluding carboxylic acids is 4. The molecule has 0 aliphatic heterocycles. The lowest BCUT2D eigenvalue weighted by atomic mass is 10.1. The molecule has 11 heteroatoms. The molecule has 0 aliphatic rings. The summed E-state index contributed by atoms with van der Waals surface area (Å²) in [5, 5.41) is 17.5. The average Bonchev–Trinajstić information content (AvgIpc) is 2.69. The number of likely N-dealkylation sites (N-methyl/N-ethyl adjacent to an activating group) is 1. The highest BCUT2D eigenvalue weighted by Crippen LogP contribution is 2.18. The fourth-order valence-corrected chi connectivity index (χ4v) is 2.35. The number of nitrogens with one attached hydrogen (secondary N) is 3. The summed E-state index contributed by atoms with van der Waals surface area (Å²) < 4.78 is 4.53. The monoisotopic (exact) mass is 409 g/mol. The largest absolute Gasteiger partial charge is 0.453 e. The van der Waals surface area contributed by atoms with Crippen LogP contribution in [-0.4, -0.2) is 67.7 Å². The van der Waals surface area contributed by atoms with Gasteiger partial charge in [0.1, 0.15) is 6.04 Å². The SMILES string of the molecule is COC(=O)N[C@@H](CCCNC(N)=O)C(=O)Nc1ccc(C(O)C(=O)N(C)C)cc1. The van der Waals surface area contributed by atoms with Crippen LogP contribution in [0, 0.1) is 0 Å². The van der Waals surface area contributed by atoms with Crippen molar-refractivity contribution in [2.75, 3.05) is 33.1 Å². The normalized spacial score (nSPS) is 12.3. The van der Waals surface area contributed by atoms with Crippen molar-refractivity contribution in [2.45, 2.75) is 25.0 Å². The van der Waals surface area contributed by atoms with Crippen LogP contribution in [0.25, 0.3) is 0 Å². The fraction of sp³-hybridized carbons (Fsp3) is 0.444. The lowest BCUT2D eigenvalue weighted by Crippen LogP contribution is -2.44. The molecule has 11 nitrogen and oxygen atoms in total. The molecular formula is C18H27N5O6. The van der Waals surface area contributed by atoms with Gasteiger partial charge in [-0.25, -0.2) is 9.59 Å². The summed E-state index contributed by atoms with van der Waals surface area (Å²) >= 11 is 0. The second-order valence-corrected chi connectivity index (χ2v) is 6.37. The summed E-state index contributed by atoms with van der Waals surface area (Å²) in [5.41, 5.74) is 5.77. The first-order chi connectivity index (χ1) is 13.6. The molecule has 0 bridgehead atoms. The number of hydrogen-bond donors (Lipinski definition) is 5. The molecule has 2 atom stereocenters. The quantitative estimate of drug-likeness (QED) is 0.358. The molecule has 160 valence electrons.